The lowest BCUT2D eigenvalue weighted by molar-refractivity contribution is -0.908. The third-order valence-electron chi connectivity index (χ3n) is 3.76. The van der Waals surface area contributed by atoms with Crippen LogP contribution in [0.15, 0.2) is 53.3 Å². The van der Waals surface area contributed by atoms with Gasteiger partial charge in [-0.15, -0.1) is 0 Å². The van der Waals surface area contributed by atoms with Gasteiger partial charge in [-0.2, -0.15) is 0 Å². The molecular formula is C18H20N3O+. The molecule has 22 heavy (non-hydrogen) atoms. The van der Waals surface area contributed by atoms with E-state index in [9.17, 15) is 4.79 Å². The number of aromatic nitrogens is 2. The number of nitrogens with one attached hydrogen (secondary N) is 2. The molecule has 0 saturated carbocycles. The third-order valence-corrected chi connectivity index (χ3v) is 3.76. The molecule has 4 heteroatoms. The van der Waals surface area contributed by atoms with Gasteiger partial charge in [0.25, 0.3) is 5.56 Å². The Balaban J connectivity index is 1.77. The van der Waals surface area contributed by atoms with Crippen molar-refractivity contribution in [2.45, 2.75) is 20.0 Å². The van der Waals surface area contributed by atoms with Crippen LogP contribution in [-0.4, -0.2) is 17.0 Å². The smallest absolute Gasteiger partial charge is 0.258 e. The number of para-hydroxylation sites is 1. The minimum Gasteiger partial charge on any atom is -0.327 e. The highest BCUT2D eigenvalue weighted by Crippen LogP contribution is 2.05. The molecule has 1 aromatic heterocycles. The monoisotopic (exact) mass is 294 g/mol. The average molecular weight is 294 g/mol. The number of H-pyrrole nitrogens is 1. The molecule has 112 valence electrons. The van der Waals surface area contributed by atoms with Crippen molar-refractivity contribution >= 4 is 10.9 Å². The van der Waals surface area contributed by atoms with Crippen LogP contribution in [0, 0.1) is 6.92 Å². The van der Waals surface area contributed by atoms with Crippen LogP contribution in [0.3, 0.4) is 0 Å². The number of rotatable bonds is 4. The average Bonchev–Trinajstić information content (AvgIpc) is 2.49. The van der Waals surface area contributed by atoms with Gasteiger partial charge < -0.3 is 9.88 Å². The molecule has 0 bridgehead atoms. The Bertz CT molecular complexity index is 837. The van der Waals surface area contributed by atoms with Gasteiger partial charge in [0.1, 0.15) is 13.1 Å². The van der Waals surface area contributed by atoms with Crippen molar-refractivity contribution in [3.05, 3.63) is 75.8 Å². The van der Waals surface area contributed by atoms with E-state index in [2.05, 4.69) is 48.2 Å². The molecule has 3 rings (SSSR count). The van der Waals surface area contributed by atoms with Crippen molar-refractivity contribution in [2.24, 2.45) is 0 Å². The van der Waals surface area contributed by atoms with Crippen LogP contribution < -0.4 is 10.5 Å². The fraction of sp³-hybridized carbons (Fsp3) is 0.222. The van der Waals surface area contributed by atoms with E-state index in [-0.39, 0.29) is 5.56 Å². The molecule has 0 radical (unpaired) electrons. The van der Waals surface area contributed by atoms with Crippen molar-refractivity contribution in [1.82, 2.24) is 9.97 Å². The fourth-order valence-electron chi connectivity index (χ4n) is 2.62. The van der Waals surface area contributed by atoms with Crippen molar-refractivity contribution in [3.8, 4) is 0 Å². The van der Waals surface area contributed by atoms with E-state index in [1.54, 1.807) is 6.07 Å². The van der Waals surface area contributed by atoms with Gasteiger partial charge in [-0.3, -0.25) is 4.79 Å². The summed E-state index contributed by atoms with van der Waals surface area (Å²) in [6.45, 7) is 3.68. The van der Waals surface area contributed by atoms with Crippen LogP contribution in [0.25, 0.3) is 10.9 Å². The van der Waals surface area contributed by atoms with Crippen LogP contribution >= 0.6 is 0 Å². The molecule has 0 spiro atoms. The minimum absolute atomic E-state index is 0.0660. The van der Waals surface area contributed by atoms with E-state index in [1.807, 2.05) is 18.2 Å². The maximum atomic E-state index is 12.1. The Hall–Kier alpha value is -2.46. The lowest BCUT2D eigenvalue weighted by Gasteiger charge is -2.14. The zero-order valence-corrected chi connectivity index (χ0v) is 12.9. The minimum atomic E-state index is -0.0660. The highest BCUT2D eigenvalue weighted by Gasteiger charge is 2.09. The zero-order chi connectivity index (χ0) is 15.5. The maximum Gasteiger partial charge on any atom is 0.258 e. The molecule has 1 atom stereocenters. The standard InChI is InChI=1S/C18H19N3O/c1-13-7-9-14(10-8-13)11-21(2)12-17-19-16-6-4-3-5-15(16)18(22)20-17/h3-10H,11-12H2,1-2H3,(H,19,20,22)/p+1. The summed E-state index contributed by atoms with van der Waals surface area (Å²) < 4.78 is 0. The van der Waals surface area contributed by atoms with E-state index < -0.39 is 0 Å². The Morgan fingerprint density at radius 3 is 2.55 bits per heavy atom. The first-order chi connectivity index (χ1) is 10.6. The summed E-state index contributed by atoms with van der Waals surface area (Å²) in [5.74, 6) is 0.730. The lowest BCUT2D eigenvalue weighted by atomic mass is 10.1. The Morgan fingerprint density at radius 1 is 1.05 bits per heavy atom. The second-order valence-corrected chi connectivity index (χ2v) is 5.83. The Morgan fingerprint density at radius 2 is 1.77 bits per heavy atom. The molecule has 0 aliphatic heterocycles. The Labute approximate surface area is 129 Å². The highest BCUT2D eigenvalue weighted by atomic mass is 16.1. The van der Waals surface area contributed by atoms with Crippen LogP contribution in [-0.2, 0) is 13.1 Å². The molecule has 0 aliphatic carbocycles. The number of quaternary nitrogens is 1. The highest BCUT2D eigenvalue weighted by molar-refractivity contribution is 5.77. The van der Waals surface area contributed by atoms with Gasteiger partial charge in [0.05, 0.1) is 18.0 Å². The summed E-state index contributed by atoms with van der Waals surface area (Å²) in [6, 6.07) is 16.0. The van der Waals surface area contributed by atoms with Gasteiger partial charge in [-0.1, -0.05) is 42.0 Å². The third kappa shape index (κ3) is 3.23. The largest absolute Gasteiger partial charge is 0.327 e. The summed E-state index contributed by atoms with van der Waals surface area (Å²) in [4.78, 5) is 20.8. The summed E-state index contributed by atoms with van der Waals surface area (Å²) in [7, 11) is 2.11. The number of benzene rings is 2. The van der Waals surface area contributed by atoms with Gasteiger partial charge in [0, 0.05) is 5.56 Å². The first-order valence-electron chi connectivity index (χ1n) is 7.46. The molecule has 0 fully saturated rings. The van der Waals surface area contributed by atoms with E-state index in [0.717, 1.165) is 17.9 Å². The van der Waals surface area contributed by atoms with E-state index in [1.165, 1.54) is 16.0 Å². The first kappa shape index (κ1) is 14.5. The number of aryl methyl sites for hydroxylation is 1. The quantitative estimate of drug-likeness (QED) is 0.765. The zero-order valence-electron chi connectivity index (χ0n) is 12.9. The van der Waals surface area contributed by atoms with E-state index >= 15 is 0 Å². The SMILES string of the molecule is Cc1ccc(C[NH+](C)Cc2nc3ccccc3c(=O)[nH]2)cc1. The summed E-state index contributed by atoms with van der Waals surface area (Å²) >= 11 is 0. The van der Waals surface area contributed by atoms with Crippen molar-refractivity contribution < 1.29 is 4.90 Å². The van der Waals surface area contributed by atoms with Crippen molar-refractivity contribution in [2.75, 3.05) is 7.05 Å². The van der Waals surface area contributed by atoms with Gasteiger partial charge >= 0.3 is 0 Å². The van der Waals surface area contributed by atoms with E-state index in [4.69, 9.17) is 0 Å². The van der Waals surface area contributed by atoms with Crippen LogP contribution in [0.2, 0.25) is 0 Å². The molecule has 2 aromatic carbocycles. The van der Waals surface area contributed by atoms with Crippen LogP contribution in [0.1, 0.15) is 17.0 Å². The predicted octanol–water partition coefficient (Wildman–Crippen LogP) is 1.45. The van der Waals surface area contributed by atoms with Crippen molar-refractivity contribution in [3.63, 3.8) is 0 Å². The molecule has 4 nitrogen and oxygen atoms in total. The lowest BCUT2D eigenvalue weighted by Crippen LogP contribution is -3.06. The maximum absolute atomic E-state index is 12.1. The van der Waals surface area contributed by atoms with Crippen LogP contribution in [0.5, 0.6) is 0 Å². The number of hydrogen-bond acceptors (Lipinski definition) is 2. The second kappa shape index (κ2) is 6.12. The Kier molecular flexibility index (Phi) is 4.02. The normalized spacial score (nSPS) is 12.5. The number of aromatic amines is 1. The molecule has 1 heterocycles. The molecule has 1 unspecified atom stereocenters. The van der Waals surface area contributed by atoms with Gasteiger partial charge in [-0.05, 0) is 19.1 Å². The molecule has 0 amide bonds. The molecular weight excluding hydrogens is 274 g/mol. The number of fused-ring (bicyclic) bond motifs is 1. The molecule has 0 aliphatic rings. The number of nitrogens with zero attached hydrogens (tertiary/aromatic N) is 1. The van der Waals surface area contributed by atoms with Crippen LogP contribution in [0.4, 0.5) is 0 Å². The predicted molar refractivity (Wildman–Crippen MR) is 87.8 cm³/mol. The van der Waals surface area contributed by atoms with Crippen molar-refractivity contribution in [1.29, 1.82) is 0 Å². The number of hydrogen-bond donors (Lipinski definition) is 2. The summed E-state index contributed by atoms with van der Waals surface area (Å²) in [5, 5.41) is 0.641. The second-order valence-electron chi connectivity index (χ2n) is 5.83. The molecule has 0 saturated heterocycles. The van der Waals surface area contributed by atoms with Gasteiger partial charge in [-0.25, -0.2) is 4.98 Å². The fourth-order valence-corrected chi connectivity index (χ4v) is 2.62. The first-order valence-corrected chi connectivity index (χ1v) is 7.46. The summed E-state index contributed by atoms with van der Waals surface area (Å²) in [5.41, 5.74) is 3.24. The van der Waals surface area contributed by atoms with Gasteiger partial charge in [0.2, 0.25) is 0 Å². The summed E-state index contributed by atoms with van der Waals surface area (Å²) in [6.07, 6.45) is 0. The van der Waals surface area contributed by atoms with E-state index in [0.29, 0.717) is 11.9 Å². The molecule has 2 N–H and O–H groups in total. The molecule has 3 aromatic rings. The topological polar surface area (TPSA) is 50.2 Å². The van der Waals surface area contributed by atoms with Gasteiger partial charge in [0.15, 0.2) is 5.82 Å².